The molecule has 3 amide bonds. The van der Waals surface area contributed by atoms with E-state index in [1.165, 1.54) is 11.9 Å². The molecule has 1 fully saturated rings. The summed E-state index contributed by atoms with van der Waals surface area (Å²) < 4.78 is 0. The van der Waals surface area contributed by atoms with Crippen LogP contribution >= 0.6 is 0 Å². The molecule has 0 saturated carbocycles. The number of aliphatic carboxylic acids is 1. The Kier molecular flexibility index (Phi) is 5.14. The van der Waals surface area contributed by atoms with Crippen molar-refractivity contribution < 1.29 is 19.5 Å². The monoisotopic (exact) mass is 271 g/mol. The third kappa shape index (κ3) is 4.11. The molecule has 1 saturated heterocycles. The molecule has 1 aliphatic rings. The van der Waals surface area contributed by atoms with Gasteiger partial charge in [-0.3, -0.25) is 9.59 Å². The lowest BCUT2D eigenvalue weighted by molar-refractivity contribution is -0.144. The van der Waals surface area contributed by atoms with Crippen molar-refractivity contribution in [1.82, 2.24) is 15.1 Å². The molecule has 0 aromatic rings. The third-order valence-electron chi connectivity index (χ3n) is 2.96. The minimum absolute atomic E-state index is 0.000557. The van der Waals surface area contributed by atoms with E-state index < -0.39 is 12.0 Å². The second-order valence-electron chi connectivity index (χ2n) is 5.04. The number of carbonyl (C=O) groups is 3. The van der Waals surface area contributed by atoms with Crippen molar-refractivity contribution in [3.05, 3.63) is 0 Å². The normalized spacial score (nSPS) is 18.5. The molecule has 2 N–H and O–H groups in total. The maximum atomic E-state index is 12.1. The average Bonchev–Trinajstić information content (AvgIpc) is 2.74. The predicted molar refractivity (Wildman–Crippen MR) is 68.7 cm³/mol. The van der Waals surface area contributed by atoms with E-state index in [1.807, 2.05) is 13.8 Å². The van der Waals surface area contributed by atoms with Gasteiger partial charge < -0.3 is 20.2 Å². The number of likely N-dealkylation sites (tertiary alicyclic amines) is 1. The Bertz CT molecular complexity index is 370. The highest BCUT2D eigenvalue weighted by Gasteiger charge is 2.36. The number of amides is 3. The smallest absolute Gasteiger partial charge is 0.323 e. The highest BCUT2D eigenvalue weighted by Crippen LogP contribution is 2.19. The molecule has 19 heavy (non-hydrogen) atoms. The van der Waals surface area contributed by atoms with E-state index in [0.717, 1.165) is 11.3 Å². The van der Waals surface area contributed by atoms with Gasteiger partial charge in [-0.05, 0) is 26.7 Å². The molecule has 0 radical (unpaired) electrons. The van der Waals surface area contributed by atoms with Gasteiger partial charge in [0.2, 0.25) is 5.91 Å². The zero-order valence-electron chi connectivity index (χ0n) is 11.5. The van der Waals surface area contributed by atoms with Crippen LogP contribution in [0.25, 0.3) is 0 Å². The van der Waals surface area contributed by atoms with Gasteiger partial charge in [0, 0.05) is 19.6 Å². The van der Waals surface area contributed by atoms with Crippen LogP contribution in [-0.2, 0) is 9.59 Å². The first-order valence-corrected chi connectivity index (χ1v) is 6.36. The van der Waals surface area contributed by atoms with Crippen LogP contribution in [0.5, 0.6) is 0 Å². The molecule has 0 bridgehead atoms. The number of carboxylic acid groups (broad SMARTS) is 1. The maximum Gasteiger partial charge on any atom is 0.323 e. The van der Waals surface area contributed by atoms with Gasteiger partial charge in [-0.15, -0.1) is 0 Å². The lowest BCUT2D eigenvalue weighted by Gasteiger charge is -2.28. The Labute approximate surface area is 112 Å². The van der Waals surface area contributed by atoms with Gasteiger partial charge in [-0.25, -0.2) is 4.79 Å². The number of carboxylic acids is 1. The van der Waals surface area contributed by atoms with Gasteiger partial charge in [0.05, 0.1) is 0 Å². The summed E-state index contributed by atoms with van der Waals surface area (Å²) in [7, 11) is 1.44. The molecule has 1 aliphatic heterocycles. The second kappa shape index (κ2) is 6.40. The van der Waals surface area contributed by atoms with Crippen molar-refractivity contribution in [2.24, 2.45) is 0 Å². The van der Waals surface area contributed by atoms with Gasteiger partial charge in [0.1, 0.15) is 12.6 Å². The Morgan fingerprint density at radius 2 is 2.05 bits per heavy atom. The van der Waals surface area contributed by atoms with Crippen LogP contribution in [0.4, 0.5) is 4.79 Å². The van der Waals surface area contributed by atoms with Gasteiger partial charge in [-0.2, -0.15) is 0 Å². The Morgan fingerprint density at radius 3 is 2.58 bits per heavy atom. The molecule has 1 rings (SSSR count). The molecule has 1 heterocycles. The molecular formula is C12H21N3O4. The first-order chi connectivity index (χ1) is 8.82. The first-order valence-electron chi connectivity index (χ1n) is 6.36. The minimum Gasteiger partial charge on any atom is -0.480 e. The van der Waals surface area contributed by atoms with Crippen LogP contribution in [0, 0.1) is 0 Å². The van der Waals surface area contributed by atoms with Gasteiger partial charge in [-0.1, -0.05) is 0 Å². The summed E-state index contributed by atoms with van der Waals surface area (Å²) in [6.07, 6.45) is 1.33. The summed E-state index contributed by atoms with van der Waals surface area (Å²) in [6, 6.07) is -0.821. The van der Waals surface area contributed by atoms with E-state index in [4.69, 9.17) is 5.11 Å². The molecule has 108 valence electrons. The Morgan fingerprint density at radius 1 is 1.42 bits per heavy atom. The summed E-state index contributed by atoms with van der Waals surface area (Å²) >= 11 is 0. The molecule has 0 aromatic heterocycles. The topological polar surface area (TPSA) is 90.0 Å². The standard InChI is InChI=1S/C12H21N3O4/c1-8(2)13-12(19)15-6-4-5-9(15)11(18)14(3)7-10(16)17/h8-9H,4-7H2,1-3H3,(H,13,19)(H,16,17)/t9-/m0/s1. The fourth-order valence-electron chi connectivity index (χ4n) is 2.13. The van der Waals surface area contributed by atoms with Gasteiger partial charge in [0.15, 0.2) is 0 Å². The van der Waals surface area contributed by atoms with Crippen molar-refractivity contribution in [3.63, 3.8) is 0 Å². The molecule has 0 aromatic carbocycles. The summed E-state index contributed by atoms with van der Waals surface area (Å²) in [5, 5.41) is 11.4. The number of hydrogen-bond donors (Lipinski definition) is 2. The average molecular weight is 271 g/mol. The molecule has 0 aliphatic carbocycles. The van der Waals surface area contributed by atoms with E-state index in [1.54, 1.807) is 0 Å². The molecule has 1 atom stereocenters. The van der Waals surface area contributed by atoms with Crippen LogP contribution in [-0.4, -0.2) is 65.0 Å². The number of carbonyl (C=O) groups excluding carboxylic acids is 2. The van der Waals surface area contributed by atoms with Crippen molar-refractivity contribution >= 4 is 17.9 Å². The molecule has 7 nitrogen and oxygen atoms in total. The first kappa shape index (κ1) is 15.3. The highest BCUT2D eigenvalue weighted by atomic mass is 16.4. The number of rotatable bonds is 4. The van der Waals surface area contributed by atoms with Crippen LogP contribution in [0.3, 0.4) is 0 Å². The summed E-state index contributed by atoms with van der Waals surface area (Å²) in [5.41, 5.74) is 0. The fraction of sp³-hybridized carbons (Fsp3) is 0.750. The summed E-state index contributed by atoms with van der Waals surface area (Å²) in [6.45, 7) is 3.87. The van der Waals surface area contributed by atoms with E-state index in [0.29, 0.717) is 13.0 Å². The van der Waals surface area contributed by atoms with Crippen LogP contribution in [0.2, 0.25) is 0 Å². The molecule has 0 unspecified atom stereocenters. The highest BCUT2D eigenvalue weighted by molar-refractivity contribution is 5.89. The summed E-state index contributed by atoms with van der Waals surface area (Å²) in [4.78, 5) is 37.3. The SMILES string of the molecule is CC(C)NC(=O)N1CCC[C@H]1C(=O)N(C)CC(=O)O. The van der Waals surface area contributed by atoms with Crippen molar-refractivity contribution in [2.45, 2.75) is 38.8 Å². The number of likely N-dealkylation sites (N-methyl/N-ethyl adjacent to an activating group) is 1. The third-order valence-corrected chi connectivity index (χ3v) is 2.96. The predicted octanol–water partition coefficient (Wildman–Crippen LogP) is 0.112. The van der Waals surface area contributed by atoms with Crippen molar-refractivity contribution in [3.8, 4) is 0 Å². The van der Waals surface area contributed by atoms with Gasteiger partial charge >= 0.3 is 12.0 Å². The molecule has 0 spiro atoms. The van der Waals surface area contributed by atoms with Gasteiger partial charge in [0.25, 0.3) is 0 Å². The van der Waals surface area contributed by atoms with E-state index >= 15 is 0 Å². The summed E-state index contributed by atoms with van der Waals surface area (Å²) in [5.74, 6) is -1.38. The lowest BCUT2D eigenvalue weighted by atomic mass is 10.2. The quantitative estimate of drug-likeness (QED) is 0.759. The second-order valence-corrected chi connectivity index (χ2v) is 5.04. The zero-order chi connectivity index (χ0) is 14.6. The molecule has 7 heteroatoms. The fourth-order valence-corrected chi connectivity index (χ4v) is 2.13. The van der Waals surface area contributed by atoms with E-state index in [9.17, 15) is 14.4 Å². The number of hydrogen-bond acceptors (Lipinski definition) is 3. The van der Waals surface area contributed by atoms with Crippen molar-refractivity contribution in [1.29, 1.82) is 0 Å². The van der Waals surface area contributed by atoms with Crippen LogP contribution < -0.4 is 5.32 Å². The Hall–Kier alpha value is -1.79. The number of urea groups is 1. The van der Waals surface area contributed by atoms with Crippen LogP contribution in [0.1, 0.15) is 26.7 Å². The minimum atomic E-state index is -1.06. The van der Waals surface area contributed by atoms with E-state index in [2.05, 4.69) is 5.32 Å². The van der Waals surface area contributed by atoms with E-state index in [-0.39, 0.29) is 24.5 Å². The van der Waals surface area contributed by atoms with Crippen LogP contribution in [0.15, 0.2) is 0 Å². The number of nitrogens with one attached hydrogen (secondary N) is 1. The maximum absolute atomic E-state index is 12.1. The molecular weight excluding hydrogens is 250 g/mol. The Balaban J connectivity index is 2.67. The number of nitrogens with zero attached hydrogens (tertiary/aromatic N) is 2. The lowest BCUT2D eigenvalue weighted by Crippen LogP contribution is -2.51. The zero-order valence-corrected chi connectivity index (χ0v) is 11.5. The largest absolute Gasteiger partial charge is 0.480 e. The van der Waals surface area contributed by atoms with Crippen molar-refractivity contribution in [2.75, 3.05) is 20.1 Å².